The summed E-state index contributed by atoms with van der Waals surface area (Å²) in [5.41, 5.74) is 0.529. The standard InChI is InChI=1S/C12H11ClF3NO2/c1-8(18)17-6-2-3-9-4-5-10(7-11(9)13)19-12(14,15)16/h2-5,7H,6H2,1H3,(H,17,18). The summed E-state index contributed by atoms with van der Waals surface area (Å²) >= 11 is 5.81. The summed E-state index contributed by atoms with van der Waals surface area (Å²) in [6, 6.07) is 3.64. The van der Waals surface area contributed by atoms with Crippen LogP contribution in [0.1, 0.15) is 12.5 Å². The summed E-state index contributed by atoms with van der Waals surface area (Å²) in [5, 5.41) is 2.66. The first-order valence-electron chi connectivity index (χ1n) is 5.24. The molecule has 1 rings (SSSR count). The molecule has 0 aliphatic carbocycles. The minimum absolute atomic E-state index is 0.126. The summed E-state index contributed by atoms with van der Waals surface area (Å²) in [6.07, 6.45) is -1.52. The van der Waals surface area contributed by atoms with Gasteiger partial charge in [-0.05, 0) is 23.8 Å². The summed E-state index contributed by atoms with van der Waals surface area (Å²) in [5.74, 6) is -0.554. The van der Waals surface area contributed by atoms with Crippen LogP contribution >= 0.6 is 11.6 Å². The van der Waals surface area contributed by atoms with Gasteiger partial charge in [-0.1, -0.05) is 23.8 Å². The third-order valence-electron chi connectivity index (χ3n) is 1.97. The SMILES string of the molecule is CC(=O)NCC=Cc1ccc(OC(F)(F)F)cc1Cl. The third kappa shape index (κ3) is 6.15. The summed E-state index contributed by atoms with van der Waals surface area (Å²) in [4.78, 5) is 10.6. The van der Waals surface area contributed by atoms with Crippen molar-refractivity contribution in [3.8, 4) is 5.75 Å². The van der Waals surface area contributed by atoms with Crippen LogP contribution in [-0.2, 0) is 4.79 Å². The van der Waals surface area contributed by atoms with Crippen molar-refractivity contribution < 1.29 is 22.7 Å². The Hall–Kier alpha value is -1.69. The molecule has 0 radical (unpaired) electrons. The first-order chi connectivity index (χ1) is 8.78. The molecule has 1 aromatic carbocycles. The topological polar surface area (TPSA) is 38.3 Å². The van der Waals surface area contributed by atoms with E-state index in [9.17, 15) is 18.0 Å². The highest BCUT2D eigenvalue weighted by Gasteiger charge is 2.31. The van der Waals surface area contributed by atoms with E-state index in [1.165, 1.54) is 13.0 Å². The number of benzene rings is 1. The van der Waals surface area contributed by atoms with E-state index in [4.69, 9.17) is 11.6 Å². The van der Waals surface area contributed by atoms with E-state index in [0.29, 0.717) is 12.1 Å². The van der Waals surface area contributed by atoms with Crippen molar-refractivity contribution in [1.29, 1.82) is 0 Å². The van der Waals surface area contributed by atoms with Crippen molar-refractivity contribution in [1.82, 2.24) is 5.32 Å². The Balaban J connectivity index is 2.69. The van der Waals surface area contributed by atoms with Crippen molar-refractivity contribution in [3.05, 3.63) is 34.9 Å². The molecule has 104 valence electrons. The van der Waals surface area contributed by atoms with Crippen molar-refractivity contribution in [2.75, 3.05) is 6.54 Å². The minimum Gasteiger partial charge on any atom is -0.406 e. The number of halogens is 4. The maximum atomic E-state index is 12.0. The molecule has 0 saturated heterocycles. The average Bonchev–Trinajstić information content (AvgIpc) is 2.24. The average molecular weight is 294 g/mol. The number of rotatable bonds is 4. The van der Waals surface area contributed by atoms with Gasteiger partial charge in [0.1, 0.15) is 5.75 Å². The molecule has 7 heteroatoms. The number of carbonyl (C=O) groups excluding carboxylic acids is 1. The maximum absolute atomic E-state index is 12.0. The molecule has 19 heavy (non-hydrogen) atoms. The van der Waals surface area contributed by atoms with Crippen molar-refractivity contribution in [2.45, 2.75) is 13.3 Å². The van der Waals surface area contributed by atoms with E-state index in [2.05, 4.69) is 10.1 Å². The molecule has 0 aliphatic rings. The molecule has 0 heterocycles. The number of nitrogens with one attached hydrogen (secondary N) is 1. The summed E-state index contributed by atoms with van der Waals surface area (Å²) in [6.45, 7) is 1.69. The number of amides is 1. The fourth-order valence-corrected chi connectivity index (χ4v) is 1.46. The summed E-state index contributed by atoms with van der Waals surface area (Å²) < 4.78 is 39.7. The van der Waals surface area contributed by atoms with Gasteiger partial charge in [-0.25, -0.2) is 0 Å². The lowest BCUT2D eigenvalue weighted by atomic mass is 10.2. The Labute approximate surface area is 113 Å². The van der Waals surface area contributed by atoms with E-state index in [0.717, 1.165) is 12.1 Å². The van der Waals surface area contributed by atoms with E-state index < -0.39 is 6.36 Å². The van der Waals surface area contributed by atoms with Gasteiger partial charge in [-0.3, -0.25) is 4.79 Å². The van der Waals surface area contributed by atoms with Gasteiger partial charge in [0.15, 0.2) is 0 Å². The lowest BCUT2D eigenvalue weighted by molar-refractivity contribution is -0.274. The predicted molar refractivity (Wildman–Crippen MR) is 65.9 cm³/mol. The molecular formula is C12H11ClF3NO2. The van der Waals surface area contributed by atoms with Gasteiger partial charge >= 0.3 is 6.36 Å². The first-order valence-corrected chi connectivity index (χ1v) is 5.62. The maximum Gasteiger partial charge on any atom is 0.573 e. The lowest BCUT2D eigenvalue weighted by Gasteiger charge is -2.09. The van der Waals surface area contributed by atoms with Gasteiger partial charge in [0.2, 0.25) is 5.91 Å². The molecule has 0 aromatic heterocycles. The zero-order valence-electron chi connectivity index (χ0n) is 9.92. The summed E-state index contributed by atoms with van der Waals surface area (Å²) in [7, 11) is 0. The largest absolute Gasteiger partial charge is 0.573 e. The smallest absolute Gasteiger partial charge is 0.406 e. The number of alkyl halides is 3. The fourth-order valence-electron chi connectivity index (χ4n) is 1.23. The lowest BCUT2D eigenvalue weighted by Crippen LogP contribution is -2.19. The van der Waals surface area contributed by atoms with Crippen molar-refractivity contribution in [2.24, 2.45) is 0 Å². The Bertz CT molecular complexity index is 486. The highest BCUT2D eigenvalue weighted by Crippen LogP contribution is 2.28. The molecule has 0 unspecified atom stereocenters. The van der Waals surface area contributed by atoms with Crippen LogP contribution in [0.5, 0.6) is 5.75 Å². The van der Waals surface area contributed by atoms with Gasteiger partial charge < -0.3 is 10.1 Å². The second-order valence-corrected chi connectivity index (χ2v) is 3.98. The Kier molecular flexibility index (Phi) is 5.23. The molecule has 0 fully saturated rings. The monoisotopic (exact) mass is 293 g/mol. The quantitative estimate of drug-likeness (QED) is 0.924. The molecular weight excluding hydrogens is 283 g/mol. The molecule has 1 N–H and O–H groups in total. The second-order valence-electron chi connectivity index (χ2n) is 3.57. The molecule has 3 nitrogen and oxygen atoms in total. The Morgan fingerprint density at radius 3 is 2.68 bits per heavy atom. The van der Waals surface area contributed by atoms with Crippen LogP contribution in [0.4, 0.5) is 13.2 Å². The van der Waals surface area contributed by atoms with Crippen LogP contribution in [-0.4, -0.2) is 18.8 Å². The molecule has 0 bridgehead atoms. The molecule has 1 amide bonds. The van der Waals surface area contributed by atoms with Crippen LogP contribution in [0.2, 0.25) is 5.02 Å². The van der Waals surface area contributed by atoms with Gasteiger partial charge in [-0.15, -0.1) is 13.2 Å². The fraction of sp³-hybridized carbons (Fsp3) is 0.250. The van der Waals surface area contributed by atoms with Crippen LogP contribution in [0.3, 0.4) is 0 Å². The Morgan fingerprint density at radius 1 is 1.47 bits per heavy atom. The zero-order chi connectivity index (χ0) is 14.5. The number of hydrogen-bond acceptors (Lipinski definition) is 2. The van der Waals surface area contributed by atoms with E-state index in [-0.39, 0.29) is 16.7 Å². The van der Waals surface area contributed by atoms with Crippen LogP contribution in [0, 0.1) is 0 Å². The van der Waals surface area contributed by atoms with Gasteiger partial charge in [-0.2, -0.15) is 0 Å². The van der Waals surface area contributed by atoms with E-state index in [1.807, 2.05) is 0 Å². The molecule has 0 atom stereocenters. The number of hydrogen-bond donors (Lipinski definition) is 1. The highest BCUT2D eigenvalue weighted by atomic mass is 35.5. The third-order valence-corrected chi connectivity index (χ3v) is 2.30. The number of ether oxygens (including phenoxy) is 1. The first kappa shape index (κ1) is 15.4. The second kappa shape index (κ2) is 6.47. The normalized spacial score (nSPS) is 11.6. The minimum atomic E-state index is -4.74. The highest BCUT2D eigenvalue weighted by molar-refractivity contribution is 6.32. The molecule has 0 saturated carbocycles. The van der Waals surface area contributed by atoms with Crippen molar-refractivity contribution >= 4 is 23.6 Å². The van der Waals surface area contributed by atoms with E-state index in [1.54, 1.807) is 12.2 Å². The number of carbonyl (C=O) groups is 1. The van der Waals surface area contributed by atoms with Gasteiger partial charge in [0.05, 0.1) is 5.02 Å². The van der Waals surface area contributed by atoms with Crippen LogP contribution < -0.4 is 10.1 Å². The van der Waals surface area contributed by atoms with Crippen molar-refractivity contribution in [3.63, 3.8) is 0 Å². The molecule has 0 aliphatic heterocycles. The van der Waals surface area contributed by atoms with Gasteiger partial charge in [0.25, 0.3) is 0 Å². The van der Waals surface area contributed by atoms with E-state index >= 15 is 0 Å². The predicted octanol–water partition coefficient (Wildman–Crippen LogP) is 3.39. The van der Waals surface area contributed by atoms with Crippen LogP contribution in [0.15, 0.2) is 24.3 Å². The Morgan fingerprint density at radius 2 is 2.16 bits per heavy atom. The van der Waals surface area contributed by atoms with Crippen LogP contribution in [0.25, 0.3) is 6.08 Å². The van der Waals surface area contributed by atoms with Gasteiger partial charge in [0, 0.05) is 13.5 Å². The molecule has 0 spiro atoms. The molecule has 1 aromatic rings. The zero-order valence-corrected chi connectivity index (χ0v) is 10.7.